The van der Waals surface area contributed by atoms with Gasteiger partial charge in [-0.1, -0.05) is 0 Å². The number of nitro groups is 1. The molecule has 5 nitrogen and oxygen atoms in total. The van der Waals surface area contributed by atoms with E-state index in [2.05, 4.69) is 5.32 Å². The van der Waals surface area contributed by atoms with Crippen LogP contribution in [0, 0.1) is 21.7 Å². The normalized spacial score (nSPS) is 10.4. The Labute approximate surface area is 90.4 Å². The Morgan fingerprint density at radius 1 is 1.38 bits per heavy atom. The van der Waals surface area contributed by atoms with E-state index in [9.17, 15) is 18.9 Å². The summed E-state index contributed by atoms with van der Waals surface area (Å²) in [7, 11) is 0. The Morgan fingerprint density at radius 2 is 2.06 bits per heavy atom. The highest BCUT2D eigenvalue weighted by Crippen LogP contribution is 2.21. The first-order chi connectivity index (χ1) is 7.56. The zero-order valence-electron chi connectivity index (χ0n) is 8.37. The molecule has 7 heteroatoms. The minimum Gasteiger partial charge on any atom is -0.329 e. The summed E-state index contributed by atoms with van der Waals surface area (Å²) < 4.78 is 26.1. The van der Waals surface area contributed by atoms with E-state index in [0.717, 1.165) is 6.07 Å². The number of nitrogens with one attached hydrogen (secondary N) is 1. The monoisotopic (exact) mass is 231 g/mol. The smallest absolute Gasteiger partial charge is 0.305 e. The average Bonchev–Trinajstić information content (AvgIpc) is 2.21. The Bertz CT molecular complexity index is 399. The van der Waals surface area contributed by atoms with Gasteiger partial charge in [-0.2, -0.15) is 4.39 Å². The first-order valence-corrected chi connectivity index (χ1v) is 4.59. The topological polar surface area (TPSA) is 81.2 Å². The molecule has 16 heavy (non-hydrogen) atoms. The van der Waals surface area contributed by atoms with Gasteiger partial charge in [0.15, 0.2) is 0 Å². The van der Waals surface area contributed by atoms with Gasteiger partial charge in [0.1, 0.15) is 5.82 Å². The molecule has 0 aliphatic carbocycles. The molecule has 0 fully saturated rings. The molecule has 0 atom stereocenters. The summed E-state index contributed by atoms with van der Waals surface area (Å²) in [6, 6.07) is 1.39. The van der Waals surface area contributed by atoms with Crippen LogP contribution in [0.3, 0.4) is 0 Å². The van der Waals surface area contributed by atoms with E-state index < -0.39 is 22.2 Å². The number of nitrogens with two attached hydrogens (primary N) is 1. The minimum atomic E-state index is -1.18. The lowest BCUT2D eigenvalue weighted by Gasteiger charge is -2.05. The highest BCUT2D eigenvalue weighted by Gasteiger charge is 2.17. The van der Waals surface area contributed by atoms with Gasteiger partial charge in [-0.05, 0) is 0 Å². The van der Waals surface area contributed by atoms with Gasteiger partial charge in [-0.15, -0.1) is 0 Å². The maximum atomic E-state index is 13.2. The molecule has 0 spiro atoms. The molecule has 3 N–H and O–H groups in total. The van der Waals surface area contributed by atoms with Crippen molar-refractivity contribution in [2.75, 3.05) is 13.1 Å². The number of nitrogens with zero attached hydrogens (tertiary/aromatic N) is 1. The summed E-state index contributed by atoms with van der Waals surface area (Å²) in [6.45, 7) is 0.889. The third-order valence-electron chi connectivity index (χ3n) is 1.95. The molecule has 0 aliphatic rings. The van der Waals surface area contributed by atoms with Crippen LogP contribution in [-0.4, -0.2) is 18.0 Å². The van der Waals surface area contributed by atoms with Gasteiger partial charge in [-0.25, -0.2) is 4.39 Å². The van der Waals surface area contributed by atoms with Crippen molar-refractivity contribution in [3.8, 4) is 0 Å². The third kappa shape index (κ3) is 2.94. The van der Waals surface area contributed by atoms with Crippen LogP contribution in [0.4, 0.5) is 14.5 Å². The summed E-state index contributed by atoms with van der Waals surface area (Å²) in [4.78, 5) is 9.53. The Hall–Kier alpha value is -1.60. The van der Waals surface area contributed by atoms with Crippen LogP contribution in [0.25, 0.3) is 0 Å². The number of hydrogen-bond acceptors (Lipinski definition) is 4. The van der Waals surface area contributed by atoms with E-state index in [1.807, 2.05) is 0 Å². The van der Waals surface area contributed by atoms with E-state index in [1.54, 1.807) is 0 Å². The summed E-state index contributed by atoms with van der Waals surface area (Å²) in [5.74, 6) is -1.99. The van der Waals surface area contributed by atoms with Crippen LogP contribution in [0.2, 0.25) is 0 Å². The van der Waals surface area contributed by atoms with Crippen molar-refractivity contribution in [1.29, 1.82) is 0 Å². The lowest BCUT2D eigenvalue weighted by Crippen LogP contribution is -2.22. The molecule has 0 aromatic heterocycles. The van der Waals surface area contributed by atoms with Crippen molar-refractivity contribution in [3.63, 3.8) is 0 Å². The molecule has 0 bridgehead atoms. The molecule has 0 saturated heterocycles. The van der Waals surface area contributed by atoms with Crippen LogP contribution in [0.1, 0.15) is 5.56 Å². The molecule has 0 amide bonds. The predicted molar refractivity (Wildman–Crippen MR) is 53.8 cm³/mol. The van der Waals surface area contributed by atoms with E-state index in [-0.39, 0.29) is 12.1 Å². The van der Waals surface area contributed by atoms with E-state index in [1.165, 1.54) is 0 Å². The SMILES string of the molecule is NCCNCc1cc([N+](=O)[O-])c(F)cc1F. The number of halogens is 2. The predicted octanol–water partition coefficient (Wildman–Crippen LogP) is 0.921. The highest BCUT2D eigenvalue weighted by atomic mass is 19.1. The second-order valence-electron chi connectivity index (χ2n) is 3.12. The van der Waals surface area contributed by atoms with E-state index in [0.29, 0.717) is 19.2 Å². The van der Waals surface area contributed by atoms with Crippen molar-refractivity contribution in [1.82, 2.24) is 5.32 Å². The molecule has 1 aromatic carbocycles. The fourth-order valence-corrected chi connectivity index (χ4v) is 1.18. The second kappa shape index (κ2) is 5.47. The van der Waals surface area contributed by atoms with Crippen LogP contribution in [0.5, 0.6) is 0 Å². The molecule has 0 saturated carbocycles. The number of hydrogen-bond donors (Lipinski definition) is 2. The Kier molecular flexibility index (Phi) is 4.27. The largest absolute Gasteiger partial charge is 0.329 e. The zero-order valence-corrected chi connectivity index (χ0v) is 8.37. The molecule has 0 aliphatic heterocycles. The Balaban J connectivity index is 2.91. The maximum absolute atomic E-state index is 13.2. The van der Waals surface area contributed by atoms with Crippen LogP contribution in [0.15, 0.2) is 12.1 Å². The second-order valence-corrected chi connectivity index (χ2v) is 3.12. The summed E-state index contributed by atoms with van der Waals surface area (Å²) in [5, 5.41) is 13.2. The van der Waals surface area contributed by atoms with Gasteiger partial charge in [0, 0.05) is 37.3 Å². The molecule has 88 valence electrons. The van der Waals surface area contributed by atoms with E-state index in [4.69, 9.17) is 5.73 Å². The van der Waals surface area contributed by atoms with E-state index >= 15 is 0 Å². The van der Waals surface area contributed by atoms with Crippen molar-refractivity contribution in [2.45, 2.75) is 6.54 Å². The minimum absolute atomic E-state index is 0.0431. The van der Waals surface area contributed by atoms with Gasteiger partial charge in [-0.3, -0.25) is 10.1 Å². The molecule has 0 heterocycles. The summed E-state index contributed by atoms with van der Waals surface area (Å²) in [6.07, 6.45) is 0. The quantitative estimate of drug-likeness (QED) is 0.448. The standard InChI is InChI=1S/C9H11F2N3O2/c10-7-4-8(11)9(14(15)16)3-6(7)5-13-2-1-12/h3-4,13H,1-2,5,12H2. The lowest BCUT2D eigenvalue weighted by molar-refractivity contribution is -0.387. The fourth-order valence-electron chi connectivity index (χ4n) is 1.18. The van der Waals surface area contributed by atoms with Crippen molar-refractivity contribution < 1.29 is 13.7 Å². The number of benzene rings is 1. The molecule has 1 aromatic rings. The van der Waals surface area contributed by atoms with Gasteiger partial charge in [0.05, 0.1) is 4.92 Å². The van der Waals surface area contributed by atoms with Gasteiger partial charge in [0.2, 0.25) is 5.82 Å². The molecule has 0 unspecified atom stereocenters. The van der Waals surface area contributed by atoms with Gasteiger partial charge in [0.25, 0.3) is 0 Å². The Morgan fingerprint density at radius 3 is 2.62 bits per heavy atom. The highest BCUT2D eigenvalue weighted by molar-refractivity contribution is 5.37. The summed E-state index contributed by atoms with van der Waals surface area (Å²) in [5.41, 5.74) is 4.52. The third-order valence-corrected chi connectivity index (χ3v) is 1.95. The first kappa shape index (κ1) is 12.5. The summed E-state index contributed by atoms with van der Waals surface area (Å²) >= 11 is 0. The molecule has 1 rings (SSSR count). The first-order valence-electron chi connectivity index (χ1n) is 4.59. The molecular formula is C9H11F2N3O2. The maximum Gasteiger partial charge on any atom is 0.305 e. The molecular weight excluding hydrogens is 220 g/mol. The van der Waals surface area contributed by atoms with Crippen LogP contribution >= 0.6 is 0 Å². The van der Waals surface area contributed by atoms with Crippen LogP contribution in [-0.2, 0) is 6.54 Å². The fraction of sp³-hybridized carbons (Fsp3) is 0.333. The van der Waals surface area contributed by atoms with Crippen molar-refractivity contribution in [3.05, 3.63) is 39.4 Å². The zero-order chi connectivity index (χ0) is 12.1. The van der Waals surface area contributed by atoms with Gasteiger partial charge >= 0.3 is 5.69 Å². The van der Waals surface area contributed by atoms with Gasteiger partial charge < -0.3 is 11.1 Å². The average molecular weight is 231 g/mol. The lowest BCUT2D eigenvalue weighted by atomic mass is 10.2. The number of rotatable bonds is 5. The number of nitro benzene ring substituents is 1. The van der Waals surface area contributed by atoms with Crippen molar-refractivity contribution >= 4 is 5.69 Å². The van der Waals surface area contributed by atoms with Crippen molar-refractivity contribution in [2.24, 2.45) is 5.73 Å². The molecule has 0 radical (unpaired) electrons. The van der Waals surface area contributed by atoms with Crippen LogP contribution < -0.4 is 11.1 Å².